The van der Waals surface area contributed by atoms with Crippen LogP contribution in [0, 0.1) is 23.7 Å². The summed E-state index contributed by atoms with van der Waals surface area (Å²) >= 11 is 1.13. The molecule has 3 amide bonds. The summed E-state index contributed by atoms with van der Waals surface area (Å²) in [4.78, 5) is 86.8. The lowest BCUT2D eigenvalue weighted by Gasteiger charge is -2.38. The zero-order chi connectivity index (χ0) is 41.2. The number of benzene rings is 1. The van der Waals surface area contributed by atoms with Gasteiger partial charge >= 0.3 is 11.9 Å². The zero-order valence-corrected chi connectivity index (χ0v) is 34.9. The second-order valence-corrected chi connectivity index (χ2v) is 16.1. The van der Waals surface area contributed by atoms with Crippen LogP contribution in [0.15, 0.2) is 35.7 Å². The first kappa shape index (κ1) is 47.0. The number of carboxylic acids is 1. The Labute approximate surface area is 331 Å². The average Bonchev–Trinajstić information content (AvgIpc) is 3.61. The van der Waals surface area contributed by atoms with E-state index in [0.29, 0.717) is 24.4 Å². The maximum Gasteiger partial charge on any atom is 0.306 e. The third kappa shape index (κ3) is 16.2. The minimum Gasteiger partial charge on any atom is -0.481 e. The van der Waals surface area contributed by atoms with Gasteiger partial charge in [0.1, 0.15) is 16.5 Å². The molecule has 0 saturated heterocycles. The number of likely N-dealkylation sites (N-methyl/N-ethyl adjacent to an activating group) is 1. The Morgan fingerprint density at radius 3 is 2.20 bits per heavy atom. The Hall–Kier alpha value is -4.17. The number of unbranched alkanes of at least 4 members (excludes halogenated alkanes) is 1. The number of carbonyl (C=O) groups is 6. The van der Waals surface area contributed by atoms with Crippen molar-refractivity contribution < 1.29 is 38.6 Å². The van der Waals surface area contributed by atoms with Crippen molar-refractivity contribution in [3.05, 3.63) is 52.0 Å². The Balaban J connectivity index is 2.49. The molecule has 55 heavy (non-hydrogen) atoms. The van der Waals surface area contributed by atoms with Gasteiger partial charge in [-0.2, -0.15) is 0 Å². The second-order valence-electron chi connectivity index (χ2n) is 15.2. The molecule has 13 nitrogen and oxygen atoms in total. The van der Waals surface area contributed by atoms with Crippen LogP contribution in [0.5, 0.6) is 0 Å². The number of esters is 1. The molecule has 0 aliphatic heterocycles. The minimum atomic E-state index is -0.964. The van der Waals surface area contributed by atoms with Crippen molar-refractivity contribution in [3.8, 4) is 0 Å². The van der Waals surface area contributed by atoms with Gasteiger partial charge < -0.3 is 30.3 Å². The highest BCUT2D eigenvalue weighted by Gasteiger charge is 2.38. The van der Waals surface area contributed by atoms with E-state index in [1.165, 1.54) is 6.92 Å². The molecule has 2 aromatic rings. The van der Waals surface area contributed by atoms with E-state index in [-0.39, 0.29) is 67.5 Å². The molecule has 1 aromatic carbocycles. The van der Waals surface area contributed by atoms with E-state index < -0.39 is 47.9 Å². The first-order valence-electron chi connectivity index (χ1n) is 19.4. The van der Waals surface area contributed by atoms with Gasteiger partial charge in [0.05, 0.1) is 19.0 Å². The van der Waals surface area contributed by atoms with E-state index in [2.05, 4.69) is 15.6 Å². The number of ether oxygens (including phenoxy) is 1. The quantitative estimate of drug-likeness (QED) is 0.0856. The average molecular weight is 786 g/mol. The summed E-state index contributed by atoms with van der Waals surface area (Å²) in [6.45, 7) is 13.0. The van der Waals surface area contributed by atoms with Gasteiger partial charge in [-0.05, 0) is 50.8 Å². The van der Waals surface area contributed by atoms with E-state index in [1.807, 2.05) is 65.0 Å². The van der Waals surface area contributed by atoms with E-state index in [9.17, 15) is 33.9 Å². The lowest BCUT2D eigenvalue weighted by molar-refractivity contribution is -0.151. The van der Waals surface area contributed by atoms with Crippen LogP contribution in [-0.2, 0) is 35.1 Å². The van der Waals surface area contributed by atoms with Crippen LogP contribution in [0.2, 0.25) is 0 Å². The monoisotopic (exact) mass is 785 g/mol. The lowest BCUT2D eigenvalue weighted by Crippen LogP contribution is -2.52. The smallest absolute Gasteiger partial charge is 0.306 e. The number of rotatable bonds is 25. The molecular formula is C41H63N5O8S. The van der Waals surface area contributed by atoms with Crippen LogP contribution in [0.25, 0.3) is 0 Å². The summed E-state index contributed by atoms with van der Waals surface area (Å²) in [7, 11) is 3.59. The highest BCUT2D eigenvalue weighted by molar-refractivity contribution is 7.09. The number of hydrogen-bond donors (Lipinski definition) is 3. The Morgan fingerprint density at radius 1 is 0.964 bits per heavy atom. The number of aliphatic carboxylic acids is 1. The third-order valence-electron chi connectivity index (χ3n) is 9.72. The molecule has 0 bridgehead atoms. The van der Waals surface area contributed by atoms with Crippen molar-refractivity contribution in [1.82, 2.24) is 25.4 Å². The van der Waals surface area contributed by atoms with Gasteiger partial charge in [0, 0.05) is 49.7 Å². The maximum absolute atomic E-state index is 14.6. The van der Waals surface area contributed by atoms with Crippen LogP contribution in [0.4, 0.5) is 0 Å². The fraction of sp³-hybridized carbons (Fsp3) is 0.634. The van der Waals surface area contributed by atoms with Crippen LogP contribution < -0.4 is 10.6 Å². The molecular weight excluding hydrogens is 723 g/mol. The van der Waals surface area contributed by atoms with Crippen molar-refractivity contribution in [2.45, 2.75) is 112 Å². The molecule has 0 radical (unpaired) electrons. The predicted octanol–water partition coefficient (Wildman–Crippen LogP) is 5.54. The SMILES string of the molecule is CCCCNC(=O)CN(C(=O)[C@@H](CC(=O)CN(C)C)[C@@H](C)CC)[C@H](C[C@@H](OC(C)=O)c1nc(C(=O)N[C@@H](Cc2ccccc2)C[C@H](C)C(=O)O)cs1)C(C)C. The van der Waals surface area contributed by atoms with E-state index in [0.717, 1.165) is 29.7 Å². The number of amides is 3. The highest BCUT2D eigenvalue weighted by Crippen LogP contribution is 2.33. The molecule has 14 heteroatoms. The fourth-order valence-electron chi connectivity index (χ4n) is 6.46. The molecule has 2 rings (SSSR count). The predicted molar refractivity (Wildman–Crippen MR) is 213 cm³/mol. The summed E-state index contributed by atoms with van der Waals surface area (Å²) in [6.07, 6.45) is 2.09. The summed E-state index contributed by atoms with van der Waals surface area (Å²) in [5.74, 6) is -4.49. The van der Waals surface area contributed by atoms with Crippen molar-refractivity contribution in [3.63, 3.8) is 0 Å². The van der Waals surface area contributed by atoms with Crippen molar-refractivity contribution in [2.24, 2.45) is 23.7 Å². The number of carboxylic acid groups (broad SMARTS) is 1. The van der Waals surface area contributed by atoms with Crippen molar-refractivity contribution in [2.75, 3.05) is 33.7 Å². The van der Waals surface area contributed by atoms with E-state index in [1.54, 1.807) is 36.2 Å². The molecule has 1 aromatic heterocycles. The number of thiazole rings is 1. The van der Waals surface area contributed by atoms with Crippen molar-refractivity contribution >= 4 is 46.8 Å². The molecule has 0 saturated carbocycles. The van der Waals surface area contributed by atoms with Crippen LogP contribution in [0.1, 0.15) is 114 Å². The first-order valence-corrected chi connectivity index (χ1v) is 20.3. The summed E-state index contributed by atoms with van der Waals surface area (Å²) in [5, 5.41) is 17.3. The molecule has 0 spiro atoms. The van der Waals surface area contributed by atoms with E-state index >= 15 is 0 Å². The minimum absolute atomic E-state index is 0.0274. The van der Waals surface area contributed by atoms with E-state index in [4.69, 9.17) is 4.74 Å². The molecule has 0 aliphatic rings. The normalized spacial score (nSPS) is 14.7. The van der Waals surface area contributed by atoms with Gasteiger partial charge in [-0.15, -0.1) is 11.3 Å². The number of nitrogens with one attached hydrogen (secondary N) is 2. The maximum atomic E-state index is 14.6. The van der Waals surface area contributed by atoms with Gasteiger partial charge in [0.25, 0.3) is 5.91 Å². The number of carbonyl (C=O) groups excluding carboxylic acids is 5. The number of Topliss-reactive ketones (excluding diaryl/α,β-unsaturated/α-hetero) is 1. The van der Waals surface area contributed by atoms with Crippen LogP contribution >= 0.6 is 11.3 Å². The molecule has 0 aliphatic carbocycles. The Kier molecular flexibility index (Phi) is 20.2. The topological polar surface area (TPSA) is 175 Å². The summed E-state index contributed by atoms with van der Waals surface area (Å²) in [6, 6.07) is 8.36. The molecule has 0 fully saturated rings. The number of nitrogens with zero attached hydrogens (tertiary/aromatic N) is 3. The lowest BCUT2D eigenvalue weighted by atomic mass is 9.84. The van der Waals surface area contributed by atoms with Crippen molar-refractivity contribution in [1.29, 1.82) is 0 Å². The highest BCUT2D eigenvalue weighted by atomic mass is 32.1. The number of aromatic nitrogens is 1. The van der Waals surface area contributed by atoms with Gasteiger partial charge in [-0.25, -0.2) is 4.98 Å². The molecule has 306 valence electrons. The largest absolute Gasteiger partial charge is 0.481 e. The van der Waals surface area contributed by atoms with Crippen LogP contribution in [0.3, 0.4) is 0 Å². The standard InChI is InChI=1S/C41H63N5O8S/c1-10-12-18-42-37(49)24-46(40(51)33(27(5)11-2)21-32(48)23-45(8)9)35(26(3)4)22-36(54-29(7)47)39-44-34(25-55-39)38(50)43-31(19-28(6)41(52)53)20-30-16-14-13-15-17-30/h13-17,25-28,31,33,35-36H,10-12,18-24H2,1-9H3,(H,42,49)(H,43,50)(H,52,53)/t27-,28-,31+,33-,35+,36+/m0/s1. The fourth-order valence-corrected chi connectivity index (χ4v) is 7.30. The number of hydrogen-bond acceptors (Lipinski definition) is 10. The van der Waals surface area contributed by atoms with Gasteiger partial charge in [0.2, 0.25) is 11.8 Å². The summed E-state index contributed by atoms with van der Waals surface area (Å²) in [5.41, 5.74) is 1.02. The molecule has 1 heterocycles. The van der Waals surface area contributed by atoms with Gasteiger partial charge in [-0.1, -0.05) is 84.7 Å². The zero-order valence-electron chi connectivity index (χ0n) is 34.1. The molecule has 0 unspecified atom stereocenters. The van der Waals surface area contributed by atoms with Gasteiger partial charge in [0.15, 0.2) is 6.10 Å². The Morgan fingerprint density at radius 2 is 1.64 bits per heavy atom. The van der Waals surface area contributed by atoms with Gasteiger partial charge in [-0.3, -0.25) is 28.8 Å². The molecule has 3 N–H and O–H groups in total. The Bertz CT molecular complexity index is 1550. The second kappa shape index (κ2) is 23.7. The third-order valence-corrected chi connectivity index (χ3v) is 10.7. The van der Waals surface area contributed by atoms with Crippen LogP contribution in [-0.4, -0.2) is 101 Å². The molecule has 6 atom stereocenters. The number of ketones is 1. The first-order chi connectivity index (χ1) is 26.0. The summed E-state index contributed by atoms with van der Waals surface area (Å²) < 4.78 is 5.81.